The fraction of sp³-hybridized carbons (Fsp3) is 0.125. The van der Waals surface area contributed by atoms with Crippen LogP contribution >= 0.6 is 23.2 Å². The van der Waals surface area contributed by atoms with Gasteiger partial charge in [0.1, 0.15) is 23.9 Å². The fourth-order valence-electron chi connectivity index (χ4n) is 2.86. The van der Waals surface area contributed by atoms with Crippen LogP contribution in [0.15, 0.2) is 66.7 Å². The van der Waals surface area contributed by atoms with Gasteiger partial charge in [-0.1, -0.05) is 47.5 Å². The summed E-state index contributed by atoms with van der Waals surface area (Å²) in [4.78, 5) is 12.4. The fourth-order valence-corrected chi connectivity index (χ4v) is 3.32. The summed E-state index contributed by atoms with van der Waals surface area (Å²) in [6, 6.07) is 15.9. The smallest absolute Gasteiger partial charge is 0.387 e. The van der Waals surface area contributed by atoms with E-state index in [1.54, 1.807) is 43.5 Å². The van der Waals surface area contributed by atoms with Crippen LogP contribution in [-0.4, -0.2) is 19.5 Å². The van der Waals surface area contributed by atoms with Crippen molar-refractivity contribution in [1.82, 2.24) is 0 Å². The molecule has 166 valence electrons. The van der Waals surface area contributed by atoms with Crippen molar-refractivity contribution in [3.8, 4) is 17.2 Å². The monoisotopic (exact) mass is 478 g/mol. The summed E-state index contributed by atoms with van der Waals surface area (Å²) in [5.74, 6) is 0.644. The molecule has 0 aromatic heterocycles. The standard InChI is InChI=1S/C24H18Cl2F2O4/c1-30-22-9-6-15(11-17(22)14-31-23-10-7-18(25)13-20(23)26)5-8-21(29)16-3-2-4-19(12-16)32-24(27)28/h2-13,24H,14H2,1H3/b8-5+. The molecule has 0 saturated carbocycles. The molecule has 0 aliphatic carbocycles. The maximum absolute atomic E-state index is 12.4. The van der Waals surface area contributed by atoms with Crippen LogP contribution in [0.3, 0.4) is 0 Å². The topological polar surface area (TPSA) is 44.8 Å². The molecule has 0 unspecified atom stereocenters. The minimum absolute atomic E-state index is 0.0796. The number of benzene rings is 3. The largest absolute Gasteiger partial charge is 0.496 e. The van der Waals surface area contributed by atoms with Crippen molar-refractivity contribution in [2.24, 2.45) is 0 Å². The van der Waals surface area contributed by atoms with Crippen LogP contribution in [-0.2, 0) is 6.61 Å². The van der Waals surface area contributed by atoms with Crippen LogP contribution < -0.4 is 14.2 Å². The zero-order valence-corrected chi connectivity index (χ0v) is 18.4. The Balaban J connectivity index is 1.74. The minimum Gasteiger partial charge on any atom is -0.496 e. The second-order valence-corrected chi connectivity index (χ2v) is 7.38. The van der Waals surface area contributed by atoms with Gasteiger partial charge in [-0.3, -0.25) is 4.79 Å². The lowest BCUT2D eigenvalue weighted by atomic mass is 10.1. The molecule has 0 radical (unpaired) electrons. The summed E-state index contributed by atoms with van der Waals surface area (Å²) >= 11 is 12.0. The molecule has 0 fully saturated rings. The highest BCUT2D eigenvalue weighted by molar-refractivity contribution is 6.35. The van der Waals surface area contributed by atoms with E-state index in [-0.39, 0.29) is 23.7 Å². The third kappa shape index (κ3) is 6.45. The minimum atomic E-state index is -2.96. The number of hydrogen-bond donors (Lipinski definition) is 0. The molecule has 0 heterocycles. The highest BCUT2D eigenvalue weighted by Crippen LogP contribution is 2.29. The second kappa shape index (κ2) is 11.0. The van der Waals surface area contributed by atoms with Crippen molar-refractivity contribution >= 4 is 35.1 Å². The van der Waals surface area contributed by atoms with Gasteiger partial charge in [-0.05, 0) is 54.1 Å². The molecule has 32 heavy (non-hydrogen) atoms. The Hall–Kier alpha value is -3.09. The third-order valence-corrected chi connectivity index (χ3v) is 4.88. The molecular weight excluding hydrogens is 461 g/mol. The molecule has 3 rings (SSSR count). The van der Waals surface area contributed by atoms with Gasteiger partial charge in [0.25, 0.3) is 0 Å². The van der Waals surface area contributed by atoms with Crippen LogP contribution in [0.5, 0.6) is 17.2 Å². The Morgan fingerprint density at radius 1 is 1.03 bits per heavy atom. The molecule has 0 aliphatic heterocycles. The molecule has 0 bridgehead atoms. The molecule has 0 spiro atoms. The van der Waals surface area contributed by atoms with Crippen LogP contribution in [0.4, 0.5) is 8.78 Å². The predicted molar refractivity (Wildman–Crippen MR) is 120 cm³/mol. The van der Waals surface area contributed by atoms with Crippen LogP contribution in [0.25, 0.3) is 6.08 Å². The zero-order valence-electron chi connectivity index (χ0n) is 16.9. The highest BCUT2D eigenvalue weighted by atomic mass is 35.5. The number of hydrogen-bond acceptors (Lipinski definition) is 4. The summed E-state index contributed by atoms with van der Waals surface area (Å²) in [6.45, 7) is -2.79. The van der Waals surface area contributed by atoms with Crippen LogP contribution in [0.2, 0.25) is 10.0 Å². The zero-order chi connectivity index (χ0) is 23.1. The van der Waals surface area contributed by atoms with Crippen molar-refractivity contribution in [1.29, 1.82) is 0 Å². The Morgan fingerprint density at radius 3 is 2.53 bits per heavy atom. The molecule has 8 heteroatoms. The number of rotatable bonds is 9. The van der Waals surface area contributed by atoms with Gasteiger partial charge in [0.05, 0.1) is 12.1 Å². The van der Waals surface area contributed by atoms with E-state index < -0.39 is 6.61 Å². The highest BCUT2D eigenvalue weighted by Gasteiger charge is 2.10. The van der Waals surface area contributed by atoms with E-state index >= 15 is 0 Å². The molecule has 0 atom stereocenters. The number of ether oxygens (including phenoxy) is 3. The van der Waals surface area contributed by atoms with E-state index in [0.717, 1.165) is 11.1 Å². The van der Waals surface area contributed by atoms with Crippen molar-refractivity contribution in [3.63, 3.8) is 0 Å². The molecule has 0 saturated heterocycles. The van der Waals surface area contributed by atoms with Gasteiger partial charge in [-0.25, -0.2) is 0 Å². The van der Waals surface area contributed by atoms with E-state index in [1.165, 1.54) is 30.3 Å². The predicted octanol–water partition coefficient (Wildman–Crippen LogP) is 7.08. The van der Waals surface area contributed by atoms with Crippen LogP contribution in [0, 0.1) is 0 Å². The Kier molecular flexibility index (Phi) is 8.09. The van der Waals surface area contributed by atoms with Gasteiger partial charge >= 0.3 is 6.61 Å². The summed E-state index contributed by atoms with van der Waals surface area (Å²) in [5, 5.41) is 0.888. The summed E-state index contributed by atoms with van der Waals surface area (Å²) in [6.07, 6.45) is 2.96. The average molecular weight is 479 g/mol. The van der Waals surface area contributed by atoms with Gasteiger partial charge in [0.15, 0.2) is 5.78 Å². The van der Waals surface area contributed by atoms with Crippen LogP contribution in [0.1, 0.15) is 21.5 Å². The SMILES string of the molecule is COc1ccc(/C=C/C(=O)c2cccc(OC(F)F)c2)cc1COc1ccc(Cl)cc1Cl. The van der Waals surface area contributed by atoms with Gasteiger partial charge < -0.3 is 14.2 Å². The van der Waals surface area contributed by atoms with Gasteiger partial charge in [-0.2, -0.15) is 8.78 Å². The van der Waals surface area contributed by atoms with Crippen molar-refractivity contribution in [2.75, 3.05) is 7.11 Å². The molecule has 0 aliphatic rings. The maximum atomic E-state index is 12.4. The van der Waals surface area contributed by atoms with E-state index in [0.29, 0.717) is 21.5 Å². The molecular formula is C24H18Cl2F2O4. The molecule has 3 aromatic carbocycles. The van der Waals surface area contributed by atoms with Gasteiger partial charge in [0.2, 0.25) is 0 Å². The first kappa shape index (κ1) is 23.6. The lowest BCUT2D eigenvalue weighted by Gasteiger charge is -2.12. The Bertz CT molecular complexity index is 1130. The van der Waals surface area contributed by atoms with Crippen molar-refractivity contribution < 1.29 is 27.8 Å². The number of methoxy groups -OCH3 is 1. The molecule has 0 N–H and O–H groups in total. The first-order valence-corrected chi connectivity index (χ1v) is 10.1. The van der Waals surface area contributed by atoms with Gasteiger partial charge in [0, 0.05) is 16.1 Å². The normalized spacial score (nSPS) is 11.1. The number of alkyl halides is 2. The lowest BCUT2D eigenvalue weighted by Crippen LogP contribution is -2.03. The first-order chi connectivity index (χ1) is 15.4. The summed E-state index contributed by atoms with van der Waals surface area (Å²) in [5.41, 5.74) is 1.69. The number of allylic oxidation sites excluding steroid dienone is 1. The molecule has 4 nitrogen and oxygen atoms in total. The summed E-state index contributed by atoms with van der Waals surface area (Å²) in [7, 11) is 1.54. The average Bonchev–Trinajstić information content (AvgIpc) is 2.76. The van der Waals surface area contributed by atoms with Gasteiger partial charge in [-0.15, -0.1) is 0 Å². The number of halogens is 4. The second-order valence-electron chi connectivity index (χ2n) is 6.54. The molecule has 0 amide bonds. The number of carbonyl (C=O) groups excluding carboxylic acids is 1. The molecule has 3 aromatic rings. The lowest BCUT2D eigenvalue weighted by molar-refractivity contribution is -0.0498. The van der Waals surface area contributed by atoms with E-state index in [9.17, 15) is 13.6 Å². The Labute approximate surface area is 193 Å². The number of ketones is 1. The number of carbonyl (C=O) groups is 1. The maximum Gasteiger partial charge on any atom is 0.387 e. The van der Waals surface area contributed by atoms with E-state index in [1.807, 2.05) is 6.07 Å². The summed E-state index contributed by atoms with van der Waals surface area (Å²) < 4.78 is 40.2. The third-order valence-electron chi connectivity index (χ3n) is 4.35. The first-order valence-electron chi connectivity index (χ1n) is 9.38. The Morgan fingerprint density at radius 2 is 1.81 bits per heavy atom. The quantitative estimate of drug-likeness (QED) is 0.243. The van der Waals surface area contributed by atoms with Crippen molar-refractivity contribution in [2.45, 2.75) is 13.2 Å². The van der Waals surface area contributed by atoms with E-state index in [2.05, 4.69) is 4.74 Å². The van der Waals surface area contributed by atoms with E-state index in [4.69, 9.17) is 32.7 Å². The van der Waals surface area contributed by atoms with Crippen molar-refractivity contribution in [3.05, 3.63) is 93.5 Å².